The number of amides is 2. The van der Waals surface area contributed by atoms with E-state index in [1.807, 2.05) is 37.3 Å². The van der Waals surface area contributed by atoms with Crippen LogP contribution in [0.2, 0.25) is 0 Å². The number of methoxy groups -OCH3 is 1. The van der Waals surface area contributed by atoms with Crippen molar-refractivity contribution < 1.29 is 23.8 Å². The molecule has 2 aromatic rings. The summed E-state index contributed by atoms with van der Waals surface area (Å²) in [6.07, 6.45) is 2.05. The van der Waals surface area contributed by atoms with Crippen LogP contribution < -0.4 is 20.2 Å². The van der Waals surface area contributed by atoms with Crippen molar-refractivity contribution in [2.45, 2.75) is 20.0 Å². The monoisotopic (exact) mass is 413 g/mol. The van der Waals surface area contributed by atoms with E-state index in [2.05, 4.69) is 15.8 Å². The van der Waals surface area contributed by atoms with Crippen molar-refractivity contribution in [3.63, 3.8) is 0 Å². The maximum atomic E-state index is 11.7. The number of hydrogen-bond acceptors (Lipinski definition) is 6. The van der Waals surface area contributed by atoms with Gasteiger partial charge in [0.1, 0.15) is 6.61 Å². The molecule has 0 unspecified atom stereocenters. The van der Waals surface area contributed by atoms with Gasteiger partial charge >= 0.3 is 11.8 Å². The highest BCUT2D eigenvalue weighted by Crippen LogP contribution is 2.28. The first-order valence-corrected chi connectivity index (χ1v) is 9.67. The van der Waals surface area contributed by atoms with E-state index >= 15 is 0 Å². The standard InChI is InChI=1S/C22H27N3O5/c1-3-29-20-14-18(10-11-19(20)30-16-17-8-5-4-6-9-17)15-24-25-22(27)21(26)23-12-7-13-28-2/h4-6,8-11,14-15H,3,7,12-13,16H2,1-2H3,(H,23,26)(H,25,27)/b24-15-. The lowest BCUT2D eigenvalue weighted by atomic mass is 10.2. The van der Waals surface area contributed by atoms with Crippen molar-refractivity contribution in [3.8, 4) is 11.5 Å². The summed E-state index contributed by atoms with van der Waals surface area (Å²) in [5, 5.41) is 6.31. The Morgan fingerprint density at radius 1 is 1.03 bits per heavy atom. The molecule has 0 saturated heterocycles. The van der Waals surface area contributed by atoms with Crippen LogP contribution in [0.4, 0.5) is 0 Å². The van der Waals surface area contributed by atoms with Gasteiger partial charge in [-0.2, -0.15) is 5.10 Å². The molecular formula is C22H27N3O5. The molecule has 0 aliphatic heterocycles. The molecule has 0 radical (unpaired) electrons. The molecule has 0 fully saturated rings. The van der Waals surface area contributed by atoms with Gasteiger partial charge in [-0.3, -0.25) is 9.59 Å². The lowest BCUT2D eigenvalue weighted by Crippen LogP contribution is -2.38. The molecule has 2 rings (SSSR count). The summed E-state index contributed by atoms with van der Waals surface area (Å²) in [7, 11) is 1.57. The summed E-state index contributed by atoms with van der Waals surface area (Å²) in [6.45, 7) is 3.64. The highest BCUT2D eigenvalue weighted by molar-refractivity contribution is 6.35. The number of ether oxygens (including phenoxy) is 3. The van der Waals surface area contributed by atoms with Crippen molar-refractivity contribution in [2.24, 2.45) is 5.10 Å². The van der Waals surface area contributed by atoms with Gasteiger partial charge in [-0.15, -0.1) is 0 Å². The predicted octanol–water partition coefficient (Wildman–Crippen LogP) is 2.27. The third kappa shape index (κ3) is 7.92. The molecule has 0 aliphatic carbocycles. The fourth-order valence-electron chi connectivity index (χ4n) is 2.44. The van der Waals surface area contributed by atoms with Crippen LogP contribution in [0.15, 0.2) is 53.6 Å². The molecule has 8 heteroatoms. The van der Waals surface area contributed by atoms with E-state index in [4.69, 9.17) is 14.2 Å². The Hall–Kier alpha value is -3.39. The largest absolute Gasteiger partial charge is 0.490 e. The normalized spacial score (nSPS) is 10.6. The van der Waals surface area contributed by atoms with E-state index in [1.54, 1.807) is 25.3 Å². The fraction of sp³-hybridized carbons (Fsp3) is 0.318. The first-order chi connectivity index (χ1) is 14.6. The average molecular weight is 413 g/mol. The lowest BCUT2D eigenvalue weighted by molar-refractivity contribution is -0.139. The van der Waals surface area contributed by atoms with Gasteiger partial charge in [0, 0.05) is 20.3 Å². The third-order valence-corrected chi connectivity index (χ3v) is 3.90. The van der Waals surface area contributed by atoms with Gasteiger partial charge in [-0.1, -0.05) is 30.3 Å². The van der Waals surface area contributed by atoms with Gasteiger partial charge in [-0.05, 0) is 42.7 Å². The minimum atomic E-state index is -0.837. The van der Waals surface area contributed by atoms with E-state index in [0.717, 1.165) is 5.56 Å². The van der Waals surface area contributed by atoms with Crippen LogP contribution in [0.5, 0.6) is 11.5 Å². The Morgan fingerprint density at radius 2 is 1.83 bits per heavy atom. The first-order valence-electron chi connectivity index (χ1n) is 9.67. The molecule has 2 N–H and O–H groups in total. The summed E-state index contributed by atoms with van der Waals surface area (Å²) in [6, 6.07) is 15.1. The number of carbonyl (C=O) groups excluding carboxylic acids is 2. The van der Waals surface area contributed by atoms with Crippen LogP contribution in [0.25, 0.3) is 0 Å². The van der Waals surface area contributed by atoms with E-state index in [0.29, 0.717) is 49.8 Å². The topological polar surface area (TPSA) is 98.2 Å². The molecular weight excluding hydrogens is 386 g/mol. The highest BCUT2D eigenvalue weighted by Gasteiger charge is 2.11. The molecule has 0 heterocycles. The Balaban J connectivity index is 1.91. The zero-order valence-electron chi connectivity index (χ0n) is 17.2. The molecule has 0 aliphatic rings. The predicted molar refractivity (Wildman–Crippen MR) is 114 cm³/mol. The van der Waals surface area contributed by atoms with Crippen LogP contribution in [-0.2, 0) is 20.9 Å². The number of benzene rings is 2. The lowest BCUT2D eigenvalue weighted by Gasteiger charge is -2.12. The maximum absolute atomic E-state index is 11.7. The Morgan fingerprint density at radius 3 is 2.57 bits per heavy atom. The minimum Gasteiger partial charge on any atom is -0.490 e. The van der Waals surface area contributed by atoms with Gasteiger partial charge < -0.3 is 19.5 Å². The van der Waals surface area contributed by atoms with Crippen LogP contribution in [-0.4, -0.2) is 44.9 Å². The minimum absolute atomic E-state index is 0.353. The van der Waals surface area contributed by atoms with Crippen LogP contribution in [0.1, 0.15) is 24.5 Å². The highest BCUT2D eigenvalue weighted by atomic mass is 16.5. The van der Waals surface area contributed by atoms with Crippen molar-refractivity contribution in [2.75, 3.05) is 26.9 Å². The van der Waals surface area contributed by atoms with E-state index in [-0.39, 0.29) is 0 Å². The zero-order chi connectivity index (χ0) is 21.6. The summed E-state index contributed by atoms with van der Waals surface area (Å²) in [5.41, 5.74) is 3.94. The van der Waals surface area contributed by atoms with Gasteiger partial charge in [-0.25, -0.2) is 5.43 Å². The average Bonchev–Trinajstić information content (AvgIpc) is 2.77. The smallest absolute Gasteiger partial charge is 0.329 e. The van der Waals surface area contributed by atoms with Crippen molar-refractivity contribution in [3.05, 3.63) is 59.7 Å². The Labute approximate surface area is 176 Å². The van der Waals surface area contributed by atoms with Crippen LogP contribution >= 0.6 is 0 Å². The third-order valence-electron chi connectivity index (χ3n) is 3.90. The first kappa shape index (κ1) is 22.9. The molecule has 0 atom stereocenters. The molecule has 0 saturated carbocycles. The van der Waals surface area contributed by atoms with E-state index in [9.17, 15) is 9.59 Å². The zero-order valence-corrected chi connectivity index (χ0v) is 17.2. The molecule has 0 bridgehead atoms. The maximum Gasteiger partial charge on any atom is 0.329 e. The van der Waals surface area contributed by atoms with Crippen molar-refractivity contribution in [1.82, 2.24) is 10.7 Å². The number of nitrogens with zero attached hydrogens (tertiary/aromatic N) is 1. The second-order valence-corrected chi connectivity index (χ2v) is 6.21. The van der Waals surface area contributed by atoms with Crippen LogP contribution in [0.3, 0.4) is 0 Å². The summed E-state index contributed by atoms with van der Waals surface area (Å²) >= 11 is 0. The van der Waals surface area contributed by atoms with Crippen molar-refractivity contribution >= 4 is 18.0 Å². The van der Waals surface area contributed by atoms with E-state index in [1.165, 1.54) is 6.21 Å². The summed E-state index contributed by atoms with van der Waals surface area (Å²) in [4.78, 5) is 23.4. The Kier molecular flexibility index (Phi) is 9.88. The van der Waals surface area contributed by atoms with E-state index < -0.39 is 11.8 Å². The van der Waals surface area contributed by atoms with Crippen molar-refractivity contribution in [1.29, 1.82) is 0 Å². The molecule has 8 nitrogen and oxygen atoms in total. The fourth-order valence-corrected chi connectivity index (χ4v) is 2.44. The molecule has 0 aromatic heterocycles. The van der Waals surface area contributed by atoms with Gasteiger partial charge in [0.15, 0.2) is 11.5 Å². The number of hydrazone groups is 1. The second-order valence-electron chi connectivity index (χ2n) is 6.21. The summed E-state index contributed by atoms with van der Waals surface area (Å²) < 4.78 is 16.4. The Bertz CT molecular complexity index is 840. The second kappa shape index (κ2) is 12.9. The molecule has 2 amide bonds. The van der Waals surface area contributed by atoms with Gasteiger partial charge in [0.25, 0.3) is 0 Å². The number of nitrogens with one attached hydrogen (secondary N) is 2. The number of rotatable bonds is 11. The number of hydrogen-bond donors (Lipinski definition) is 2. The van der Waals surface area contributed by atoms with Gasteiger partial charge in [0.2, 0.25) is 0 Å². The molecule has 160 valence electrons. The molecule has 2 aromatic carbocycles. The molecule has 30 heavy (non-hydrogen) atoms. The van der Waals surface area contributed by atoms with Crippen LogP contribution in [0, 0.1) is 0 Å². The van der Waals surface area contributed by atoms with Gasteiger partial charge in [0.05, 0.1) is 12.8 Å². The molecule has 0 spiro atoms. The SMILES string of the molecule is CCOc1cc(/C=N\NC(=O)C(=O)NCCCOC)ccc1OCc1ccccc1. The summed E-state index contributed by atoms with van der Waals surface area (Å²) in [5.74, 6) is -0.406. The number of carbonyl (C=O) groups is 2. The quantitative estimate of drug-likeness (QED) is 0.255.